The third-order valence-electron chi connectivity index (χ3n) is 3.65. The highest BCUT2D eigenvalue weighted by Gasteiger charge is 2.41. The van der Waals surface area contributed by atoms with Crippen molar-refractivity contribution >= 4 is 27.5 Å². The molecule has 17 heavy (non-hydrogen) atoms. The lowest BCUT2D eigenvalue weighted by atomic mass is 9.99. The first-order chi connectivity index (χ1) is 8.27. The lowest BCUT2D eigenvalue weighted by Crippen LogP contribution is -2.47. The second kappa shape index (κ2) is 4.42. The van der Waals surface area contributed by atoms with Crippen LogP contribution in [-0.4, -0.2) is 24.5 Å². The smallest absolute Gasteiger partial charge is 0.228 e. The lowest BCUT2D eigenvalue weighted by molar-refractivity contribution is -0.117. The maximum Gasteiger partial charge on any atom is 0.228 e. The summed E-state index contributed by atoms with van der Waals surface area (Å²) in [7, 11) is 0. The summed E-state index contributed by atoms with van der Waals surface area (Å²) in [4.78, 5) is 14.1. The van der Waals surface area contributed by atoms with Gasteiger partial charge in [-0.1, -0.05) is 12.1 Å². The monoisotopic (exact) mass is 294 g/mol. The van der Waals surface area contributed by atoms with E-state index in [2.05, 4.69) is 21.2 Å². The fourth-order valence-electron chi connectivity index (χ4n) is 2.88. The molecule has 2 fully saturated rings. The Bertz CT molecular complexity index is 449. The first kappa shape index (κ1) is 11.2. The topological polar surface area (TPSA) is 32.3 Å². The van der Waals surface area contributed by atoms with E-state index in [9.17, 15) is 4.79 Å². The van der Waals surface area contributed by atoms with Gasteiger partial charge in [0.15, 0.2) is 0 Å². The summed E-state index contributed by atoms with van der Waals surface area (Å²) in [5.41, 5.74) is 1.01. The molecule has 3 rings (SSSR count). The Kier molecular flexibility index (Phi) is 2.92. The number of para-hydroxylation sites is 1. The van der Waals surface area contributed by atoms with Crippen molar-refractivity contribution in [3.63, 3.8) is 0 Å². The summed E-state index contributed by atoms with van der Waals surface area (Å²) in [5, 5.41) is 3.45. The number of nitrogens with one attached hydrogen (secondary N) is 1. The number of benzene rings is 1. The number of fused-ring (bicyclic) bond motifs is 1. The second-order valence-electron chi connectivity index (χ2n) is 4.69. The molecule has 1 amide bonds. The Balaban J connectivity index is 1.96. The molecule has 90 valence electrons. The average molecular weight is 295 g/mol. The molecule has 0 bridgehead atoms. The third-order valence-corrected chi connectivity index (χ3v) is 4.33. The molecule has 0 saturated carbocycles. The number of halogens is 1. The molecule has 0 aliphatic carbocycles. The number of carbonyl (C=O) groups is 1. The van der Waals surface area contributed by atoms with Crippen molar-refractivity contribution in [2.24, 2.45) is 0 Å². The minimum Gasteiger partial charge on any atom is -0.311 e. The van der Waals surface area contributed by atoms with E-state index in [1.54, 1.807) is 0 Å². The molecule has 0 radical (unpaired) electrons. The Morgan fingerprint density at radius 1 is 1.35 bits per heavy atom. The lowest BCUT2D eigenvalue weighted by Gasteiger charge is -2.32. The molecule has 2 aliphatic heterocycles. The van der Waals surface area contributed by atoms with Crippen LogP contribution in [0.25, 0.3) is 0 Å². The zero-order valence-corrected chi connectivity index (χ0v) is 11.1. The Morgan fingerprint density at radius 3 is 3.00 bits per heavy atom. The van der Waals surface area contributed by atoms with Crippen LogP contribution in [0, 0.1) is 0 Å². The van der Waals surface area contributed by atoms with Crippen molar-refractivity contribution in [2.45, 2.75) is 31.3 Å². The third kappa shape index (κ3) is 1.89. The SMILES string of the molecule is O=C1CC2NCCCC2N1c1ccccc1Br. The van der Waals surface area contributed by atoms with Gasteiger partial charge in [-0.15, -0.1) is 0 Å². The molecule has 0 aromatic heterocycles. The molecule has 1 aromatic carbocycles. The van der Waals surface area contributed by atoms with Crippen molar-refractivity contribution in [1.29, 1.82) is 0 Å². The van der Waals surface area contributed by atoms with Crippen molar-refractivity contribution in [1.82, 2.24) is 5.32 Å². The van der Waals surface area contributed by atoms with Gasteiger partial charge in [-0.05, 0) is 47.4 Å². The molecule has 2 heterocycles. The molecule has 2 aliphatic rings. The molecule has 3 nitrogen and oxygen atoms in total. The van der Waals surface area contributed by atoms with Gasteiger partial charge >= 0.3 is 0 Å². The fraction of sp³-hybridized carbons (Fsp3) is 0.462. The Morgan fingerprint density at radius 2 is 2.18 bits per heavy atom. The van der Waals surface area contributed by atoms with Crippen molar-refractivity contribution in [3.05, 3.63) is 28.7 Å². The Labute approximate surface area is 109 Å². The first-order valence-electron chi connectivity index (χ1n) is 6.07. The minimum atomic E-state index is 0.237. The maximum absolute atomic E-state index is 12.2. The summed E-state index contributed by atoms with van der Waals surface area (Å²) in [5.74, 6) is 0.237. The van der Waals surface area contributed by atoms with E-state index in [1.807, 2.05) is 29.2 Å². The van der Waals surface area contributed by atoms with Gasteiger partial charge in [0.2, 0.25) is 5.91 Å². The van der Waals surface area contributed by atoms with E-state index in [0.29, 0.717) is 18.5 Å². The summed E-state index contributed by atoms with van der Waals surface area (Å²) >= 11 is 3.54. The van der Waals surface area contributed by atoms with Crippen LogP contribution < -0.4 is 10.2 Å². The van der Waals surface area contributed by atoms with Crippen LogP contribution in [0.3, 0.4) is 0 Å². The first-order valence-corrected chi connectivity index (χ1v) is 6.86. The van der Waals surface area contributed by atoms with Crippen molar-refractivity contribution in [3.8, 4) is 0 Å². The summed E-state index contributed by atoms with van der Waals surface area (Å²) in [6.07, 6.45) is 2.88. The van der Waals surface area contributed by atoms with Crippen LogP contribution in [-0.2, 0) is 4.79 Å². The average Bonchev–Trinajstić information content (AvgIpc) is 2.66. The number of rotatable bonds is 1. The molecule has 2 unspecified atom stereocenters. The van der Waals surface area contributed by atoms with Crippen LogP contribution in [0.15, 0.2) is 28.7 Å². The van der Waals surface area contributed by atoms with Gasteiger partial charge < -0.3 is 10.2 Å². The predicted molar refractivity (Wildman–Crippen MR) is 71.1 cm³/mol. The van der Waals surface area contributed by atoms with Crippen molar-refractivity contribution < 1.29 is 4.79 Å². The second-order valence-corrected chi connectivity index (χ2v) is 5.54. The minimum absolute atomic E-state index is 0.237. The van der Waals surface area contributed by atoms with Crippen LogP contribution in [0.2, 0.25) is 0 Å². The number of hydrogen-bond acceptors (Lipinski definition) is 2. The normalized spacial score (nSPS) is 28.3. The van der Waals surface area contributed by atoms with E-state index in [1.165, 1.54) is 0 Å². The van der Waals surface area contributed by atoms with Crippen LogP contribution >= 0.6 is 15.9 Å². The number of hydrogen-bond donors (Lipinski definition) is 1. The Hall–Kier alpha value is -0.870. The van der Waals surface area contributed by atoms with Crippen LogP contribution in [0.4, 0.5) is 5.69 Å². The zero-order valence-electron chi connectivity index (χ0n) is 9.53. The molecule has 1 N–H and O–H groups in total. The van der Waals surface area contributed by atoms with Crippen molar-refractivity contribution in [2.75, 3.05) is 11.4 Å². The number of nitrogens with zero attached hydrogens (tertiary/aromatic N) is 1. The van der Waals surface area contributed by atoms with E-state index in [0.717, 1.165) is 29.5 Å². The van der Waals surface area contributed by atoms with Gasteiger partial charge in [0.1, 0.15) is 0 Å². The van der Waals surface area contributed by atoms with E-state index >= 15 is 0 Å². The van der Waals surface area contributed by atoms with Crippen LogP contribution in [0.1, 0.15) is 19.3 Å². The zero-order chi connectivity index (χ0) is 11.8. The van der Waals surface area contributed by atoms with Gasteiger partial charge in [0.25, 0.3) is 0 Å². The standard InChI is InChI=1S/C13H15BrN2O/c14-9-4-1-2-5-11(9)16-12-6-3-7-15-10(12)8-13(16)17/h1-2,4-5,10,12,15H,3,6-8H2. The fourth-order valence-corrected chi connectivity index (χ4v) is 3.36. The summed E-state index contributed by atoms with van der Waals surface area (Å²) < 4.78 is 1.000. The highest BCUT2D eigenvalue weighted by atomic mass is 79.9. The van der Waals surface area contributed by atoms with Gasteiger partial charge in [0, 0.05) is 16.9 Å². The number of piperidine rings is 1. The van der Waals surface area contributed by atoms with Gasteiger partial charge in [0.05, 0.1) is 11.7 Å². The van der Waals surface area contributed by atoms with E-state index < -0.39 is 0 Å². The van der Waals surface area contributed by atoms with E-state index in [-0.39, 0.29) is 5.91 Å². The molecule has 0 spiro atoms. The summed E-state index contributed by atoms with van der Waals surface area (Å²) in [6, 6.07) is 8.63. The quantitative estimate of drug-likeness (QED) is 0.862. The molecule has 2 atom stereocenters. The number of amides is 1. The van der Waals surface area contributed by atoms with Gasteiger partial charge in [-0.2, -0.15) is 0 Å². The molecular weight excluding hydrogens is 280 g/mol. The van der Waals surface area contributed by atoms with Gasteiger partial charge in [-0.3, -0.25) is 4.79 Å². The largest absolute Gasteiger partial charge is 0.311 e. The highest BCUT2D eigenvalue weighted by molar-refractivity contribution is 9.10. The predicted octanol–water partition coefficient (Wildman–Crippen LogP) is 2.31. The maximum atomic E-state index is 12.2. The molecule has 2 saturated heterocycles. The highest BCUT2D eigenvalue weighted by Crippen LogP contribution is 2.35. The molecule has 4 heteroatoms. The van der Waals surface area contributed by atoms with Gasteiger partial charge in [-0.25, -0.2) is 0 Å². The summed E-state index contributed by atoms with van der Waals surface area (Å²) in [6.45, 7) is 1.04. The number of carbonyl (C=O) groups excluding carboxylic acids is 1. The number of anilines is 1. The molecular formula is C13H15BrN2O. The van der Waals surface area contributed by atoms with Crippen LogP contribution in [0.5, 0.6) is 0 Å². The van der Waals surface area contributed by atoms with E-state index in [4.69, 9.17) is 0 Å². The molecule has 1 aromatic rings.